The molecular formula is C6H7ClN4O2. The van der Waals surface area contributed by atoms with Crippen molar-refractivity contribution in [2.24, 2.45) is 0 Å². The molecular weight excluding hydrogens is 196 g/mol. The maximum atomic E-state index is 10.4. The van der Waals surface area contributed by atoms with Gasteiger partial charge in [-0.05, 0) is 4.92 Å². The van der Waals surface area contributed by atoms with Crippen LogP contribution in [0.25, 0.3) is 0 Å². The van der Waals surface area contributed by atoms with Crippen LogP contribution in [0.2, 0.25) is 5.15 Å². The van der Waals surface area contributed by atoms with Gasteiger partial charge in [-0.25, -0.2) is 0 Å². The van der Waals surface area contributed by atoms with Crippen molar-refractivity contribution in [2.45, 2.75) is 6.04 Å². The Labute approximate surface area is 78.6 Å². The summed E-state index contributed by atoms with van der Waals surface area (Å²) in [6.07, 6.45) is 0. The van der Waals surface area contributed by atoms with Crippen LogP contribution in [-0.2, 0) is 0 Å². The molecule has 0 atom stereocenters. The number of nitrogens with zero attached hydrogens (tertiary/aromatic N) is 3. The number of hydrogen-bond donors (Lipinski definition) is 1. The van der Waals surface area contributed by atoms with Gasteiger partial charge in [0.25, 0.3) is 0 Å². The van der Waals surface area contributed by atoms with Gasteiger partial charge in [0.05, 0.1) is 17.2 Å². The Morgan fingerprint density at radius 3 is 2.85 bits per heavy atom. The largest absolute Gasteiger partial charge is 0.391 e. The lowest BCUT2D eigenvalue weighted by Crippen LogP contribution is -2.43. The van der Waals surface area contributed by atoms with Crippen LogP contribution in [0.3, 0.4) is 0 Å². The monoisotopic (exact) mass is 202 g/mol. The highest BCUT2D eigenvalue weighted by Gasteiger charge is 2.27. The molecule has 1 aliphatic rings. The van der Waals surface area contributed by atoms with E-state index in [2.05, 4.69) is 10.4 Å². The Morgan fingerprint density at radius 2 is 2.46 bits per heavy atom. The number of halogens is 1. The molecule has 1 N–H and O–H groups in total. The number of hydrogen-bond acceptors (Lipinski definition) is 4. The Hall–Kier alpha value is -1.14. The van der Waals surface area contributed by atoms with E-state index in [1.165, 1.54) is 10.7 Å². The molecule has 1 saturated heterocycles. The Bertz CT molecular complexity index is 346. The van der Waals surface area contributed by atoms with E-state index in [0.717, 1.165) is 13.1 Å². The number of nitro groups is 1. The highest BCUT2D eigenvalue weighted by molar-refractivity contribution is 6.29. The standard InChI is InChI=1S/C6H7ClN4O2/c7-5-1-6(11(12)13)9-10(5)4-2-8-3-4/h1,4,8H,2-3H2. The molecule has 1 aliphatic heterocycles. The van der Waals surface area contributed by atoms with Crippen molar-refractivity contribution in [3.63, 3.8) is 0 Å². The lowest BCUT2D eigenvalue weighted by atomic mass is 10.2. The third kappa shape index (κ3) is 1.38. The smallest absolute Gasteiger partial charge is 0.358 e. The van der Waals surface area contributed by atoms with Gasteiger partial charge in [-0.2, -0.15) is 4.68 Å². The summed E-state index contributed by atoms with van der Waals surface area (Å²) >= 11 is 5.76. The summed E-state index contributed by atoms with van der Waals surface area (Å²) in [5.41, 5.74) is 0. The van der Waals surface area contributed by atoms with Crippen molar-refractivity contribution in [3.8, 4) is 0 Å². The molecule has 2 heterocycles. The van der Waals surface area contributed by atoms with Crippen molar-refractivity contribution in [1.82, 2.24) is 15.1 Å². The fourth-order valence-corrected chi connectivity index (χ4v) is 1.42. The summed E-state index contributed by atoms with van der Waals surface area (Å²) in [5.74, 6) is -0.197. The van der Waals surface area contributed by atoms with E-state index in [4.69, 9.17) is 11.6 Å². The minimum Gasteiger partial charge on any atom is -0.358 e. The van der Waals surface area contributed by atoms with Gasteiger partial charge in [-0.1, -0.05) is 11.6 Å². The summed E-state index contributed by atoms with van der Waals surface area (Å²) in [4.78, 5) is 9.80. The molecule has 7 heteroatoms. The van der Waals surface area contributed by atoms with Crippen LogP contribution >= 0.6 is 11.6 Å². The highest BCUT2D eigenvalue weighted by atomic mass is 35.5. The molecule has 1 fully saturated rings. The zero-order valence-corrected chi connectivity index (χ0v) is 7.36. The van der Waals surface area contributed by atoms with E-state index in [1.807, 2.05) is 0 Å². The summed E-state index contributed by atoms with van der Waals surface area (Å²) in [7, 11) is 0. The average molecular weight is 203 g/mol. The molecule has 0 radical (unpaired) electrons. The molecule has 0 bridgehead atoms. The third-order valence-corrected chi connectivity index (χ3v) is 2.25. The van der Waals surface area contributed by atoms with Crippen LogP contribution in [0.4, 0.5) is 5.82 Å². The summed E-state index contributed by atoms with van der Waals surface area (Å²) in [6, 6.07) is 1.42. The van der Waals surface area contributed by atoms with E-state index in [0.29, 0.717) is 5.15 Å². The van der Waals surface area contributed by atoms with Crippen LogP contribution in [0.5, 0.6) is 0 Å². The molecule has 2 rings (SSSR count). The van der Waals surface area contributed by atoms with Gasteiger partial charge in [0.1, 0.15) is 0 Å². The molecule has 0 saturated carbocycles. The SMILES string of the molecule is O=[N+]([O-])c1cc(Cl)n(C2CNC2)n1. The second kappa shape index (κ2) is 2.97. The summed E-state index contributed by atoms with van der Waals surface area (Å²) in [5, 5.41) is 17.5. The Morgan fingerprint density at radius 1 is 1.77 bits per heavy atom. The summed E-state index contributed by atoms with van der Waals surface area (Å²) in [6.45, 7) is 1.52. The van der Waals surface area contributed by atoms with Crippen LogP contribution in [-0.4, -0.2) is 27.8 Å². The minimum atomic E-state index is -0.547. The number of aromatic nitrogens is 2. The molecule has 70 valence electrons. The summed E-state index contributed by atoms with van der Waals surface area (Å²) < 4.78 is 1.48. The van der Waals surface area contributed by atoms with Crippen LogP contribution in [0.15, 0.2) is 6.07 Å². The van der Waals surface area contributed by atoms with Crippen molar-refractivity contribution < 1.29 is 4.92 Å². The number of rotatable bonds is 2. The molecule has 1 aromatic heterocycles. The van der Waals surface area contributed by atoms with Crippen molar-refractivity contribution >= 4 is 17.4 Å². The molecule has 0 amide bonds. The zero-order valence-electron chi connectivity index (χ0n) is 6.61. The maximum Gasteiger partial charge on any atom is 0.391 e. The topological polar surface area (TPSA) is 73.0 Å². The predicted octanol–water partition coefficient (Wildman–Crippen LogP) is 0.589. The van der Waals surface area contributed by atoms with Crippen LogP contribution in [0.1, 0.15) is 6.04 Å². The molecule has 0 unspecified atom stereocenters. The Kier molecular flexibility index (Phi) is 1.93. The zero-order chi connectivity index (χ0) is 9.42. The molecule has 0 aromatic carbocycles. The van der Waals surface area contributed by atoms with Crippen molar-refractivity contribution in [2.75, 3.05) is 13.1 Å². The maximum absolute atomic E-state index is 10.4. The lowest BCUT2D eigenvalue weighted by Gasteiger charge is -2.24. The van der Waals surface area contributed by atoms with Gasteiger partial charge < -0.3 is 15.4 Å². The van der Waals surface area contributed by atoms with Gasteiger partial charge in [0.15, 0.2) is 5.15 Å². The molecule has 0 spiro atoms. The third-order valence-electron chi connectivity index (χ3n) is 1.97. The average Bonchev–Trinajstić information content (AvgIpc) is 2.29. The highest BCUT2D eigenvalue weighted by Crippen LogP contribution is 2.22. The first kappa shape index (κ1) is 8.46. The fourth-order valence-electron chi connectivity index (χ4n) is 1.15. The predicted molar refractivity (Wildman–Crippen MR) is 45.8 cm³/mol. The van der Waals surface area contributed by atoms with Crippen LogP contribution in [0, 0.1) is 10.1 Å². The molecule has 6 nitrogen and oxygen atoms in total. The normalized spacial score (nSPS) is 17.0. The molecule has 0 aliphatic carbocycles. The van der Waals surface area contributed by atoms with Gasteiger partial charge in [-0.15, -0.1) is 0 Å². The minimum absolute atomic E-state index is 0.154. The molecule has 13 heavy (non-hydrogen) atoms. The first-order valence-corrected chi connectivity index (χ1v) is 4.16. The lowest BCUT2D eigenvalue weighted by molar-refractivity contribution is -0.389. The second-order valence-electron chi connectivity index (χ2n) is 2.84. The van der Waals surface area contributed by atoms with Gasteiger partial charge in [0, 0.05) is 13.1 Å². The van der Waals surface area contributed by atoms with Crippen molar-refractivity contribution in [1.29, 1.82) is 0 Å². The van der Waals surface area contributed by atoms with Gasteiger partial charge >= 0.3 is 5.82 Å². The first-order valence-electron chi connectivity index (χ1n) is 3.78. The van der Waals surface area contributed by atoms with E-state index in [1.54, 1.807) is 0 Å². The van der Waals surface area contributed by atoms with E-state index >= 15 is 0 Å². The van der Waals surface area contributed by atoms with Gasteiger partial charge in [0.2, 0.25) is 0 Å². The van der Waals surface area contributed by atoms with Crippen molar-refractivity contribution in [3.05, 3.63) is 21.3 Å². The quantitative estimate of drug-likeness (QED) is 0.563. The van der Waals surface area contributed by atoms with Gasteiger partial charge in [-0.3, -0.25) is 0 Å². The Balaban J connectivity index is 2.29. The second-order valence-corrected chi connectivity index (χ2v) is 3.23. The van der Waals surface area contributed by atoms with Crippen LogP contribution < -0.4 is 5.32 Å². The first-order chi connectivity index (χ1) is 6.18. The molecule has 1 aromatic rings. The van der Waals surface area contributed by atoms with E-state index in [-0.39, 0.29) is 11.9 Å². The number of nitrogens with one attached hydrogen (secondary N) is 1. The van der Waals surface area contributed by atoms with E-state index < -0.39 is 4.92 Å². The fraction of sp³-hybridized carbons (Fsp3) is 0.500. The van der Waals surface area contributed by atoms with E-state index in [9.17, 15) is 10.1 Å².